The summed E-state index contributed by atoms with van der Waals surface area (Å²) in [6, 6.07) is 7.74. The quantitative estimate of drug-likeness (QED) is 0.303. The lowest BCUT2D eigenvalue weighted by Gasteiger charge is -2.19. The Morgan fingerprint density at radius 1 is 1.13 bits per heavy atom. The summed E-state index contributed by atoms with van der Waals surface area (Å²) in [5.41, 5.74) is 2.61. The van der Waals surface area contributed by atoms with Crippen LogP contribution >= 0.6 is 55.1 Å². The van der Waals surface area contributed by atoms with Crippen LogP contribution in [-0.2, 0) is 22.6 Å². The number of aromatic nitrogens is 2. The number of aliphatic imine (C=N–C) groups is 1. The number of rotatable bonds is 3. The van der Waals surface area contributed by atoms with Crippen molar-refractivity contribution in [3.63, 3.8) is 0 Å². The molecule has 5 nitrogen and oxygen atoms in total. The van der Waals surface area contributed by atoms with E-state index in [1.165, 1.54) is 5.56 Å². The summed E-state index contributed by atoms with van der Waals surface area (Å²) < 4.78 is 8.75. The highest BCUT2D eigenvalue weighted by Gasteiger charge is 2.16. The molecule has 1 aliphatic heterocycles. The van der Waals surface area contributed by atoms with Crippen LogP contribution in [0.1, 0.15) is 38.3 Å². The molecule has 3 aromatic rings. The average Bonchev–Trinajstić information content (AvgIpc) is 3.33. The Kier molecular flexibility index (Phi) is 7.84. The van der Waals surface area contributed by atoms with Gasteiger partial charge in [-0.25, -0.2) is 0 Å². The van der Waals surface area contributed by atoms with Crippen molar-refractivity contribution in [3.8, 4) is 0 Å². The van der Waals surface area contributed by atoms with Crippen molar-refractivity contribution >= 4 is 78.1 Å². The molecular formula is C22H21Br2Cl2N3O2. The largest absolute Gasteiger partial charge is 0.460 e. The van der Waals surface area contributed by atoms with E-state index in [2.05, 4.69) is 42.0 Å². The van der Waals surface area contributed by atoms with Gasteiger partial charge >= 0.3 is 5.97 Å². The number of fused-ring (bicyclic) bond motifs is 2. The van der Waals surface area contributed by atoms with Gasteiger partial charge in [-0.15, -0.1) is 0 Å². The van der Waals surface area contributed by atoms with Gasteiger partial charge < -0.3 is 4.74 Å². The van der Waals surface area contributed by atoms with Crippen molar-refractivity contribution < 1.29 is 9.53 Å². The number of ether oxygens (including phenoxy) is 1. The lowest BCUT2D eigenvalue weighted by Crippen LogP contribution is -2.24. The van der Waals surface area contributed by atoms with E-state index >= 15 is 0 Å². The van der Waals surface area contributed by atoms with Crippen molar-refractivity contribution in [2.75, 3.05) is 0 Å². The van der Waals surface area contributed by atoms with Gasteiger partial charge in [0.15, 0.2) is 0 Å². The Balaban J connectivity index is 0.000000207. The maximum atomic E-state index is 11.7. The molecule has 0 unspecified atom stereocenters. The topological polar surface area (TPSA) is 56.5 Å². The molecule has 31 heavy (non-hydrogen) atoms. The normalized spacial score (nSPS) is 12.5. The summed E-state index contributed by atoms with van der Waals surface area (Å²) in [5.74, 6) is -0.232. The summed E-state index contributed by atoms with van der Waals surface area (Å²) in [6.45, 7) is 6.79. The molecule has 0 atom stereocenters. The van der Waals surface area contributed by atoms with Crippen LogP contribution in [0.25, 0.3) is 10.9 Å². The van der Waals surface area contributed by atoms with Crippen LogP contribution in [0.5, 0.6) is 0 Å². The molecule has 2 heterocycles. The Bertz CT molecular complexity index is 1150. The summed E-state index contributed by atoms with van der Waals surface area (Å²) in [6.07, 6.45) is 3.94. The Labute approximate surface area is 208 Å². The lowest BCUT2D eigenvalue weighted by atomic mass is 10.1. The molecule has 9 heteroatoms. The fourth-order valence-electron chi connectivity index (χ4n) is 2.91. The van der Waals surface area contributed by atoms with E-state index in [0.717, 1.165) is 37.0 Å². The second-order valence-corrected chi connectivity index (χ2v) is 10.4. The molecule has 2 aromatic carbocycles. The van der Waals surface area contributed by atoms with Crippen molar-refractivity contribution in [3.05, 3.63) is 60.6 Å². The summed E-state index contributed by atoms with van der Waals surface area (Å²) in [5, 5.41) is 6.65. The molecule has 164 valence electrons. The van der Waals surface area contributed by atoms with Gasteiger partial charge in [0.25, 0.3) is 0 Å². The third-order valence-corrected chi connectivity index (χ3v) is 6.89. The zero-order chi connectivity index (χ0) is 22.8. The molecule has 0 radical (unpaired) electrons. The SMILES string of the molecule is CC(C)(C)OC(=O)CCn1cc2c(Cl)c(Br)ccc2n1.Clc1c(Br)ccc2c1C=NC2. The summed E-state index contributed by atoms with van der Waals surface area (Å²) in [7, 11) is 0. The third kappa shape index (κ3) is 6.31. The van der Waals surface area contributed by atoms with Crippen LogP contribution < -0.4 is 0 Å². The van der Waals surface area contributed by atoms with Crippen molar-refractivity contribution in [2.24, 2.45) is 4.99 Å². The van der Waals surface area contributed by atoms with Crippen LogP contribution in [0.3, 0.4) is 0 Å². The summed E-state index contributed by atoms with van der Waals surface area (Å²) >= 11 is 18.9. The predicted molar refractivity (Wildman–Crippen MR) is 133 cm³/mol. The van der Waals surface area contributed by atoms with Gasteiger partial charge in [0, 0.05) is 32.3 Å². The van der Waals surface area contributed by atoms with Crippen molar-refractivity contribution in [1.29, 1.82) is 0 Å². The van der Waals surface area contributed by atoms with Gasteiger partial charge in [-0.05, 0) is 76.4 Å². The van der Waals surface area contributed by atoms with Crippen LogP contribution in [0, 0.1) is 0 Å². The van der Waals surface area contributed by atoms with E-state index in [1.54, 1.807) is 4.68 Å². The van der Waals surface area contributed by atoms with Gasteiger partial charge in [-0.1, -0.05) is 29.3 Å². The number of aryl methyl sites for hydroxylation is 1. The van der Waals surface area contributed by atoms with E-state index in [4.69, 9.17) is 27.9 Å². The molecule has 0 N–H and O–H groups in total. The number of hydrogen-bond acceptors (Lipinski definition) is 4. The molecule has 1 aromatic heterocycles. The minimum absolute atomic E-state index is 0.232. The van der Waals surface area contributed by atoms with E-state index in [-0.39, 0.29) is 12.4 Å². The van der Waals surface area contributed by atoms with Gasteiger partial charge in [-0.3, -0.25) is 14.5 Å². The first-order chi connectivity index (χ1) is 14.5. The molecule has 0 amide bonds. The smallest absolute Gasteiger partial charge is 0.308 e. The molecule has 0 aliphatic carbocycles. The molecule has 0 fully saturated rings. The number of hydrogen-bond donors (Lipinski definition) is 0. The molecule has 0 spiro atoms. The zero-order valence-electron chi connectivity index (χ0n) is 17.3. The number of carbonyl (C=O) groups excluding carboxylic acids is 1. The van der Waals surface area contributed by atoms with E-state index in [0.29, 0.717) is 11.6 Å². The monoisotopic (exact) mass is 587 g/mol. The molecule has 0 bridgehead atoms. The number of nitrogens with zero attached hydrogens (tertiary/aromatic N) is 3. The number of esters is 1. The summed E-state index contributed by atoms with van der Waals surface area (Å²) in [4.78, 5) is 15.8. The van der Waals surface area contributed by atoms with Gasteiger partial charge in [-0.2, -0.15) is 5.10 Å². The third-order valence-electron chi connectivity index (χ3n) is 4.29. The number of halogens is 4. The number of benzene rings is 2. The molecule has 0 saturated heterocycles. The lowest BCUT2D eigenvalue weighted by molar-refractivity contribution is -0.155. The van der Waals surface area contributed by atoms with Crippen LogP contribution in [0.15, 0.2) is 44.4 Å². The Morgan fingerprint density at radius 2 is 1.81 bits per heavy atom. The molecule has 4 rings (SSSR count). The van der Waals surface area contributed by atoms with Crippen molar-refractivity contribution in [2.45, 2.75) is 45.9 Å². The highest BCUT2D eigenvalue weighted by atomic mass is 79.9. The standard InChI is InChI=1S/C14H16BrClN2O2.C8H5BrClN/c1-14(2,3)20-12(19)6-7-18-8-9-11(17-18)5-4-10(15)13(9)16;9-7-2-1-5-3-11-4-6(5)8(7)10/h4-5,8H,6-7H2,1-3H3;1-2,4H,3H2. The van der Waals surface area contributed by atoms with Gasteiger partial charge in [0.1, 0.15) is 5.60 Å². The Hall–Kier alpha value is -1.41. The first-order valence-electron chi connectivity index (χ1n) is 9.55. The first-order valence-corrected chi connectivity index (χ1v) is 11.9. The van der Waals surface area contributed by atoms with E-state index in [1.807, 2.05) is 57.4 Å². The van der Waals surface area contributed by atoms with Crippen LogP contribution in [0.4, 0.5) is 0 Å². The number of carbonyl (C=O) groups is 1. The van der Waals surface area contributed by atoms with Crippen LogP contribution in [0.2, 0.25) is 10.0 Å². The maximum absolute atomic E-state index is 11.7. The average molecular weight is 590 g/mol. The highest BCUT2D eigenvalue weighted by molar-refractivity contribution is 9.10. The van der Waals surface area contributed by atoms with E-state index in [9.17, 15) is 4.79 Å². The maximum Gasteiger partial charge on any atom is 0.308 e. The van der Waals surface area contributed by atoms with Gasteiger partial charge in [0.05, 0.1) is 35.1 Å². The zero-order valence-corrected chi connectivity index (χ0v) is 21.9. The van der Waals surface area contributed by atoms with Gasteiger partial charge in [0.2, 0.25) is 0 Å². The molecule has 0 saturated carbocycles. The minimum atomic E-state index is -0.458. The first kappa shape index (κ1) is 24.2. The van der Waals surface area contributed by atoms with Crippen molar-refractivity contribution in [1.82, 2.24) is 9.78 Å². The minimum Gasteiger partial charge on any atom is -0.460 e. The Morgan fingerprint density at radius 3 is 2.52 bits per heavy atom. The molecular weight excluding hydrogens is 569 g/mol. The predicted octanol–water partition coefficient (Wildman–Crippen LogP) is 7.22. The van der Waals surface area contributed by atoms with E-state index < -0.39 is 5.60 Å². The highest BCUT2D eigenvalue weighted by Crippen LogP contribution is 2.31. The molecule has 1 aliphatic rings. The fourth-order valence-corrected chi connectivity index (χ4v) is 4.05. The second-order valence-electron chi connectivity index (χ2n) is 7.93. The van der Waals surface area contributed by atoms with Crippen LogP contribution in [-0.4, -0.2) is 27.6 Å². The fraction of sp³-hybridized carbons (Fsp3) is 0.318. The second kappa shape index (κ2) is 10.0.